The van der Waals surface area contributed by atoms with Crippen molar-refractivity contribution >= 4 is 22.5 Å². The molecule has 6 nitrogen and oxygen atoms in total. The average Bonchev–Trinajstić information content (AvgIpc) is 2.79. The maximum atomic E-state index is 13.4. The number of ether oxygens (including phenoxy) is 1. The van der Waals surface area contributed by atoms with Gasteiger partial charge in [0.15, 0.2) is 0 Å². The van der Waals surface area contributed by atoms with Gasteiger partial charge in [0.25, 0.3) is 11.5 Å². The normalized spacial score (nSPS) is 10.8. The van der Waals surface area contributed by atoms with Crippen LogP contribution in [0.25, 0.3) is 10.9 Å². The highest BCUT2D eigenvalue weighted by Gasteiger charge is 2.21. The van der Waals surface area contributed by atoms with Crippen molar-refractivity contribution in [2.75, 3.05) is 11.5 Å². The van der Waals surface area contributed by atoms with E-state index >= 15 is 0 Å². The van der Waals surface area contributed by atoms with Crippen LogP contribution in [0.15, 0.2) is 77.9 Å². The van der Waals surface area contributed by atoms with E-state index in [4.69, 9.17) is 4.74 Å². The summed E-state index contributed by atoms with van der Waals surface area (Å²) in [7, 11) is 0. The summed E-state index contributed by atoms with van der Waals surface area (Å²) in [5.41, 5.74) is 3.13. The summed E-state index contributed by atoms with van der Waals surface area (Å²) in [5.74, 6) is 0.514. The molecule has 156 valence electrons. The molecule has 2 heterocycles. The topological polar surface area (TPSA) is 75.3 Å². The summed E-state index contributed by atoms with van der Waals surface area (Å²) in [6, 6.07) is 18.4. The average molecular weight is 413 g/mol. The molecule has 4 rings (SSSR count). The Kier molecular flexibility index (Phi) is 5.80. The Bertz CT molecular complexity index is 1280. The number of hydrogen-bond acceptors (Lipinski definition) is 4. The van der Waals surface area contributed by atoms with Crippen molar-refractivity contribution in [1.82, 2.24) is 9.97 Å². The lowest BCUT2D eigenvalue weighted by molar-refractivity contribution is 0.0984. The zero-order chi connectivity index (χ0) is 21.8. The van der Waals surface area contributed by atoms with E-state index < -0.39 is 0 Å². The number of para-hydroxylation sites is 1. The first kappa shape index (κ1) is 20.3. The van der Waals surface area contributed by atoms with Gasteiger partial charge in [-0.25, -0.2) is 0 Å². The SMILES string of the molecule is CCOc1ccc2[nH]c(=O)c(CN(C(=O)c3cccnc3)c3ccccc3C)cc2c1. The van der Waals surface area contributed by atoms with E-state index in [0.29, 0.717) is 17.7 Å². The van der Waals surface area contributed by atoms with Crippen LogP contribution < -0.4 is 15.2 Å². The molecule has 1 amide bonds. The van der Waals surface area contributed by atoms with Gasteiger partial charge in [0.05, 0.1) is 18.7 Å². The number of H-pyrrole nitrogens is 1. The first-order chi connectivity index (χ1) is 15.1. The predicted molar refractivity (Wildman–Crippen MR) is 122 cm³/mol. The standard InChI is InChI=1S/C25H23N3O3/c1-3-31-21-10-11-22-19(14-21)13-20(24(29)27-22)16-28(23-9-5-4-7-17(23)2)25(30)18-8-6-12-26-15-18/h4-15H,3,16H2,1-2H3,(H,27,29). The lowest BCUT2D eigenvalue weighted by atomic mass is 10.1. The van der Waals surface area contributed by atoms with Crippen molar-refractivity contribution in [2.45, 2.75) is 20.4 Å². The molecule has 0 radical (unpaired) electrons. The van der Waals surface area contributed by atoms with Crippen LogP contribution in [0.4, 0.5) is 5.69 Å². The number of aryl methyl sites for hydroxylation is 1. The van der Waals surface area contributed by atoms with E-state index in [-0.39, 0.29) is 18.0 Å². The van der Waals surface area contributed by atoms with E-state index in [2.05, 4.69) is 9.97 Å². The molecule has 0 unspecified atom stereocenters. The second-order valence-corrected chi connectivity index (χ2v) is 7.23. The van der Waals surface area contributed by atoms with Crippen LogP contribution in [-0.2, 0) is 6.54 Å². The summed E-state index contributed by atoms with van der Waals surface area (Å²) in [4.78, 5) is 34.8. The zero-order valence-electron chi connectivity index (χ0n) is 17.5. The molecule has 6 heteroatoms. The molecule has 0 saturated carbocycles. The summed E-state index contributed by atoms with van der Waals surface area (Å²) in [6.45, 7) is 4.55. The fourth-order valence-corrected chi connectivity index (χ4v) is 3.55. The summed E-state index contributed by atoms with van der Waals surface area (Å²) in [6.07, 6.45) is 3.16. The molecule has 2 aromatic heterocycles. The highest BCUT2D eigenvalue weighted by molar-refractivity contribution is 6.06. The van der Waals surface area contributed by atoms with E-state index in [1.807, 2.05) is 62.4 Å². The number of nitrogens with one attached hydrogen (secondary N) is 1. The van der Waals surface area contributed by atoms with Crippen molar-refractivity contribution in [3.63, 3.8) is 0 Å². The van der Waals surface area contributed by atoms with E-state index in [1.54, 1.807) is 23.2 Å². The van der Waals surface area contributed by atoms with Crippen LogP contribution in [0.3, 0.4) is 0 Å². The second-order valence-electron chi connectivity index (χ2n) is 7.23. The molecular formula is C25H23N3O3. The Hall–Kier alpha value is -3.93. The number of carbonyl (C=O) groups excluding carboxylic acids is 1. The van der Waals surface area contributed by atoms with Crippen LogP contribution >= 0.6 is 0 Å². The Balaban J connectivity index is 1.78. The number of anilines is 1. The number of amides is 1. The third-order valence-electron chi connectivity index (χ3n) is 5.09. The number of carbonyl (C=O) groups is 1. The van der Waals surface area contributed by atoms with Gasteiger partial charge in [0, 0.05) is 34.5 Å². The van der Waals surface area contributed by atoms with Gasteiger partial charge in [-0.2, -0.15) is 0 Å². The van der Waals surface area contributed by atoms with E-state index in [0.717, 1.165) is 27.9 Å². The Labute approximate surface area is 180 Å². The van der Waals surface area contributed by atoms with Crippen LogP contribution in [0, 0.1) is 6.92 Å². The number of fused-ring (bicyclic) bond motifs is 1. The molecule has 0 aliphatic carbocycles. The maximum absolute atomic E-state index is 13.4. The quantitative estimate of drug-likeness (QED) is 0.506. The van der Waals surface area contributed by atoms with Gasteiger partial charge >= 0.3 is 0 Å². The highest BCUT2D eigenvalue weighted by atomic mass is 16.5. The summed E-state index contributed by atoms with van der Waals surface area (Å²) >= 11 is 0. The van der Waals surface area contributed by atoms with Crippen molar-refractivity contribution in [1.29, 1.82) is 0 Å². The molecule has 1 N–H and O–H groups in total. The molecule has 2 aromatic carbocycles. The van der Waals surface area contributed by atoms with Crippen molar-refractivity contribution in [3.05, 3.63) is 100 Å². The smallest absolute Gasteiger partial charge is 0.260 e. The number of hydrogen-bond donors (Lipinski definition) is 1. The predicted octanol–water partition coefficient (Wildman–Crippen LogP) is 4.48. The fraction of sp³-hybridized carbons (Fsp3) is 0.160. The number of aromatic nitrogens is 2. The van der Waals surface area contributed by atoms with Crippen LogP contribution in [0.2, 0.25) is 0 Å². The first-order valence-corrected chi connectivity index (χ1v) is 10.1. The molecule has 0 saturated heterocycles. The van der Waals surface area contributed by atoms with E-state index in [9.17, 15) is 9.59 Å². The van der Waals surface area contributed by atoms with Crippen LogP contribution in [0.5, 0.6) is 5.75 Å². The lowest BCUT2D eigenvalue weighted by Crippen LogP contribution is -2.33. The summed E-state index contributed by atoms with van der Waals surface area (Å²) in [5, 5.41) is 0.846. The molecule has 0 atom stereocenters. The Morgan fingerprint density at radius 3 is 2.68 bits per heavy atom. The molecule has 0 aliphatic rings. The third kappa shape index (κ3) is 4.33. The molecule has 31 heavy (non-hydrogen) atoms. The van der Waals surface area contributed by atoms with Crippen LogP contribution in [0.1, 0.15) is 28.4 Å². The van der Waals surface area contributed by atoms with Gasteiger partial charge in [-0.15, -0.1) is 0 Å². The largest absolute Gasteiger partial charge is 0.494 e. The first-order valence-electron chi connectivity index (χ1n) is 10.1. The van der Waals surface area contributed by atoms with Crippen molar-refractivity contribution in [3.8, 4) is 5.75 Å². The van der Waals surface area contributed by atoms with Gasteiger partial charge in [-0.3, -0.25) is 14.6 Å². The fourth-order valence-electron chi connectivity index (χ4n) is 3.55. The number of rotatable bonds is 6. The minimum atomic E-state index is -0.228. The monoisotopic (exact) mass is 413 g/mol. The molecule has 0 fully saturated rings. The van der Waals surface area contributed by atoms with Gasteiger partial charge in [-0.1, -0.05) is 18.2 Å². The number of aromatic amines is 1. The Morgan fingerprint density at radius 2 is 1.94 bits per heavy atom. The lowest BCUT2D eigenvalue weighted by Gasteiger charge is -2.24. The van der Waals surface area contributed by atoms with Gasteiger partial charge in [0.1, 0.15) is 5.75 Å². The minimum Gasteiger partial charge on any atom is -0.494 e. The van der Waals surface area contributed by atoms with Crippen molar-refractivity contribution in [2.24, 2.45) is 0 Å². The number of benzene rings is 2. The van der Waals surface area contributed by atoms with Gasteiger partial charge < -0.3 is 14.6 Å². The second kappa shape index (κ2) is 8.83. The third-order valence-corrected chi connectivity index (χ3v) is 5.09. The highest BCUT2D eigenvalue weighted by Crippen LogP contribution is 2.25. The Morgan fingerprint density at radius 1 is 1.10 bits per heavy atom. The minimum absolute atomic E-state index is 0.128. The molecule has 0 bridgehead atoms. The van der Waals surface area contributed by atoms with Crippen LogP contribution in [-0.4, -0.2) is 22.5 Å². The number of pyridine rings is 2. The maximum Gasteiger partial charge on any atom is 0.260 e. The molecule has 4 aromatic rings. The summed E-state index contributed by atoms with van der Waals surface area (Å²) < 4.78 is 5.58. The van der Waals surface area contributed by atoms with Gasteiger partial charge in [0.2, 0.25) is 0 Å². The van der Waals surface area contributed by atoms with Crippen molar-refractivity contribution < 1.29 is 9.53 Å². The molecule has 0 aliphatic heterocycles. The number of nitrogens with zero attached hydrogens (tertiary/aromatic N) is 2. The van der Waals surface area contributed by atoms with E-state index in [1.165, 1.54) is 6.20 Å². The molecule has 0 spiro atoms. The van der Waals surface area contributed by atoms with Gasteiger partial charge in [-0.05, 0) is 61.9 Å². The zero-order valence-corrected chi connectivity index (χ0v) is 17.5. The molecular weight excluding hydrogens is 390 g/mol.